The molecule has 0 atom stereocenters. The number of nitrogens with zero attached hydrogens (tertiary/aromatic N) is 3. The Morgan fingerprint density at radius 1 is 1.29 bits per heavy atom. The van der Waals surface area contributed by atoms with Crippen molar-refractivity contribution in [3.05, 3.63) is 30.0 Å². The average Bonchev–Trinajstić information content (AvgIpc) is 2.63. The van der Waals surface area contributed by atoms with E-state index in [1.54, 1.807) is 0 Å². The number of anilines is 1. The highest BCUT2D eigenvalue weighted by Crippen LogP contribution is 2.29. The molecule has 17 heavy (non-hydrogen) atoms. The number of benzene rings is 1. The Hall–Kier alpha value is -2.10. The first-order valence-corrected chi connectivity index (χ1v) is 5.72. The van der Waals surface area contributed by atoms with Crippen LogP contribution in [0.1, 0.15) is 12.5 Å². The minimum Gasteiger partial charge on any atom is -0.368 e. The predicted molar refractivity (Wildman–Crippen MR) is 69.9 cm³/mol. The Kier molecular flexibility index (Phi) is 2.04. The number of hydrogen-bond donors (Lipinski definition) is 1. The summed E-state index contributed by atoms with van der Waals surface area (Å²) in [6.45, 7) is 5.11. The third-order valence-corrected chi connectivity index (χ3v) is 3.16. The van der Waals surface area contributed by atoms with Crippen LogP contribution in [0.3, 0.4) is 0 Å². The topological polar surface area (TPSA) is 56.7 Å². The van der Waals surface area contributed by atoms with Crippen molar-refractivity contribution >= 4 is 27.9 Å². The zero-order valence-corrected chi connectivity index (χ0v) is 9.94. The van der Waals surface area contributed by atoms with Gasteiger partial charge in [-0.05, 0) is 19.4 Å². The highest BCUT2D eigenvalue weighted by atomic mass is 15.1. The molecule has 3 aromatic rings. The Morgan fingerprint density at radius 3 is 2.88 bits per heavy atom. The maximum absolute atomic E-state index is 5.67. The molecular formula is C13H14N4. The van der Waals surface area contributed by atoms with Gasteiger partial charge in [0.1, 0.15) is 5.65 Å². The van der Waals surface area contributed by atoms with E-state index in [1.807, 2.05) is 6.20 Å². The fourth-order valence-electron chi connectivity index (χ4n) is 2.43. The molecule has 0 unspecified atom stereocenters. The van der Waals surface area contributed by atoms with Gasteiger partial charge in [-0.15, -0.1) is 0 Å². The van der Waals surface area contributed by atoms with E-state index < -0.39 is 0 Å². The Balaban J connectivity index is 2.61. The molecule has 0 saturated carbocycles. The molecule has 0 bridgehead atoms. The van der Waals surface area contributed by atoms with Crippen LogP contribution < -0.4 is 5.73 Å². The fraction of sp³-hybridized carbons (Fsp3) is 0.231. The molecule has 2 heterocycles. The van der Waals surface area contributed by atoms with E-state index in [0.717, 1.165) is 17.6 Å². The molecule has 3 rings (SSSR count). The summed E-state index contributed by atoms with van der Waals surface area (Å²) >= 11 is 0. The summed E-state index contributed by atoms with van der Waals surface area (Å²) in [4.78, 5) is 8.44. The minimum absolute atomic E-state index is 0.327. The number of aromatic nitrogens is 3. The van der Waals surface area contributed by atoms with Crippen molar-refractivity contribution in [2.75, 3.05) is 5.73 Å². The maximum Gasteiger partial charge on any atom is 0.221 e. The van der Waals surface area contributed by atoms with E-state index in [9.17, 15) is 0 Å². The Labute approximate surface area is 99.1 Å². The van der Waals surface area contributed by atoms with Crippen LogP contribution in [0.2, 0.25) is 0 Å². The van der Waals surface area contributed by atoms with Crippen molar-refractivity contribution < 1.29 is 0 Å². The predicted octanol–water partition coefficient (Wildman–Crippen LogP) is 2.50. The van der Waals surface area contributed by atoms with Gasteiger partial charge in [0.05, 0.1) is 5.52 Å². The average molecular weight is 226 g/mol. The lowest BCUT2D eigenvalue weighted by Gasteiger charge is -2.04. The second kappa shape index (κ2) is 3.45. The summed E-state index contributed by atoms with van der Waals surface area (Å²) in [6, 6.07) is 6.29. The summed E-state index contributed by atoms with van der Waals surface area (Å²) in [7, 11) is 0. The van der Waals surface area contributed by atoms with Crippen LogP contribution in [0.5, 0.6) is 0 Å². The molecule has 2 N–H and O–H groups in total. The third-order valence-electron chi connectivity index (χ3n) is 3.16. The monoisotopic (exact) mass is 226 g/mol. The SMILES string of the molecule is CCn1c2nc(N)ncc2c2cccc(C)c21. The molecule has 0 aliphatic rings. The normalized spacial score (nSPS) is 11.4. The van der Waals surface area contributed by atoms with Crippen molar-refractivity contribution in [3.63, 3.8) is 0 Å². The molecule has 1 aromatic carbocycles. The summed E-state index contributed by atoms with van der Waals surface area (Å²) < 4.78 is 2.19. The first-order valence-electron chi connectivity index (χ1n) is 5.72. The number of aryl methyl sites for hydroxylation is 2. The second-order valence-corrected chi connectivity index (χ2v) is 4.18. The number of hydrogen-bond acceptors (Lipinski definition) is 3. The summed E-state index contributed by atoms with van der Waals surface area (Å²) in [6.07, 6.45) is 1.81. The number of fused-ring (bicyclic) bond motifs is 3. The standard InChI is InChI=1S/C13H14N4/c1-3-17-11-8(2)5-4-6-9(11)10-7-15-13(14)16-12(10)17/h4-7H,3H2,1-2H3,(H2,14,15,16). The van der Waals surface area contributed by atoms with Gasteiger partial charge < -0.3 is 10.3 Å². The molecular weight excluding hydrogens is 212 g/mol. The molecule has 4 nitrogen and oxygen atoms in total. The number of rotatable bonds is 1. The van der Waals surface area contributed by atoms with Gasteiger partial charge in [0, 0.05) is 23.5 Å². The lowest BCUT2D eigenvalue weighted by Crippen LogP contribution is -1.99. The number of para-hydroxylation sites is 1. The molecule has 0 fully saturated rings. The minimum atomic E-state index is 0.327. The summed E-state index contributed by atoms with van der Waals surface area (Å²) in [5, 5.41) is 2.27. The van der Waals surface area contributed by atoms with E-state index >= 15 is 0 Å². The van der Waals surface area contributed by atoms with Crippen LogP contribution in [0.4, 0.5) is 5.95 Å². The quantitative estimate of drug-likeness (QED) is 0.693. The van der Waals surface area contributed by atoms with Crippen molar-refractivity contribution in [3.8, 4) is 0 Å². The molecule has 2 aromatic heterocycles. The van der Waals surface area contributed by atoms with Gasteiger partial charge in [-0.1, -0.05) is 18.2 Å². The van der Waals surface area contributed by atoms with E-state index in [-0.39, 0.29) is 0 Å². The zero-order chi connectivity index (χ0) is 12.0. The van der Waals surface area contributed by atoms with Crippen molar-refractivity contribution in [2.45, 2.75) is 20.4 Å². The molecule has 0 aliphatic carbocycles. The van der Waals surface area contributed by atoms with Gasteiger partial charge in [-0.2, -0.15) is 4.98 Å². The molecule has 4 heteroatoms. The van der Waals surface area contributed by atoms with Gasteiger partial charge in [-0.3, -0.25) is 0 Å². The Morgan fingerprint density at radius 2 is 2.12 bits per heavy atom. The molecule has 0 radical (unpaired) electrons. The maximum atomic E-state index is 5.67. The lowest BCUT2D eigenvalue weighted by molar-refractivity contribution is 0.813. The highest BCUT2D eigenvalue weighted by molar-refractivity contribution is 6.07. The first kappa shape index (κ1) is 10.1. The fourth-order valence-corrected chi connectivity index (χ4v) is 2.43. The van der Waals surface area contributed by atoms with Gasteiger partial charge in [-0.25, -0.2) is 4.98 Å². The first-order chi connectivity index (χ1) is 8.22. The van der Waals surface area contributed by atoms with Crippen LogP contribution in [-0.2, 0) is 6.54 Å². The van der Waals surface area contributed by atoms with E-state index in [4.69, 9.17) is 5.73 Å². The lowest BCUT2D eigenvalue weighted by atomic mass is 10.1. The van der Waals surface area contributed by atoms with Gasteiger partial charge >= 0.3 is 0 Å². The molecule has 86 valence electrons. The van der Waals surface area contributed by atoms with Crippen LogP contribution in [0.15, 0.2) is 24.4 Å². The molecule has 0 aliphatic heterocycles. The molecule has 0 amide bonds. The zero-order valence-electron chi connectivity index (χ0n) is 9.94. The van der Waals surface area contributed by atoms with E-state index in [0.29, 0.717) is 5.95 Å². The Bertz CT molecular complexity index is 712. The van der Waals surface area contributed by atoms with Crippen LogP contribution >= 0.6 is 0 Å². The third kappa shape index (κ3) is 1.30. The van der Waals surface area contributed by atoms with Crippen molar-refractivity contribution in [1.82, 2.24) is 14.5 Å². The van der Waals surface area contributed by atoms with Crippen LogP contribution in [0, 0.1) is 6.92 Å². The largest absolute Gasteiger partial charge is 0.368 e. The highest BCUT2D eigenvalue weighted by Gasteiger charge is 2.12. The number of nitrogen functional groups attached to an aromatic ring is 1. The molecule has 0 spiro atoms. The molecule has 0 saturated heterocycles. The van der Waals surface area contributed by atoms with Crippen LogP contribution in [0.25, 0.3) is 21.9 Å². The van der Waals surface area contributed by atoms with E-state index in [1.165, 1.54) is 16.5 Å². The van der Waals surface area contributed by atoms with Crippen LogP contribution in [-0.4, -0.2) is 14.5 Å². The van der Waals surface area contributed by atoms with Gasteiger partial charge in [0.25, 0.3) is 0 Å². The summed E-state index contributed by atoms with van der Waals surface area (Å²) in [5.74, 6) is 0.327. The van der Waals surface area contributed by atoms with Crippen molar-refractivity contribution in [2.24, 2.45) is 0 Å². The smallest absolute Gasteiger partial charge is 0.221 e. The van der Waals surface area contributed by atoms with Gasteiger partial charge in [0.15, 0.2) is 0 Å². The van der Waals surface area contributed by atoms with E-state index in [2.05, 4.69) is 46.6 Å². The second-order valence-electron chi connectivity index (χ2n) is 4.18. The van der Waals surface area contributed by atoms with Gasteiger partial charge in [0.2, 0.25) is 5.95 Å². The summed E-state index contributed by atoms with van der Waals surface area (Å²) in [5.41, 5.74) is 9.07. The van der Waals surface area contributed by atoms with Crippen molar-refractivity contribution in [1.29, 1.82) is 0 Å². The number of nitrogens with two attached hydrogens (primary N) is 1.